The lowest BCUT2D eigenvalue weighted by Crippen LogP contribution is -2.44. The lowest BCUT2D eigenvalue weighted by Gasteiger charge is -2.37. The van der Waals surface area contributed by atoms with Crippen molar-refractivity contribution in [2.75, 3.05) is 26.7 Å². The SMILES string of the molecule is Cc1nnc(CN(C)C(=O)NCC[C@@H]2CCCCN2CC(C)C)o1. The van der Waals surface area contributed by atoms with Crippen LogP contribution >= 0.6 is 0 Å². The summed E-state index contributed by atoms with van der Waals surface area (Å²) >= 11 is 0. The fraction of sp³-hybridized carbons (Fsp3) is 0.824. The highest BCUT2D eigenvalue weighted by atomic mass is 16.4. The summed E-state index contributed by atoms with van der Waals surface area (Å²) < 4.78 is 5.30. The van der Waals surface area contributed by atoms with Crippen LogP contribution in [0.1, 0.15) is 51.3 Å². The summed E-state index contributed by atoms with van der Waals surface area (Å²) in [7, 11) is 1.74. The topological polar surface area (TPSA) is 74.5 Å². The van der Waals surface area contributed by atoms with Gasteiger partial charge in [-0.05, 0) is 31.7 Å². The number of likely N-dealkylation sites (tertiary alicyclic amines) is 1. The highest BCUT2D eigenvalue weighted by Crippen LogP contribution is 2.20. The molecule has 1 aromatic heterocycles. The number of piperidine rings is 1. The number of aromatic nitrogens is 2. The van der Waals surface area contributed by atoms with Crippen molar-refractivity contribution < 1.29 is 9.21 Å². The summed E-state index contributed by atoms with van der Waals surface area (Å²) in [5.41, 5.74) is 0. The molecule has 7 nitrogen and oxygen atoms in total. The molecule has 1 aromatic rings. The standard InChI is InChI=1S/C17H31N5O2/c1-13(2)11-22-10-6-5-7-15(22)8-9-18-17(23)21(4)12-16-20-19-14(3)24-16/h13,15H,5-12H2,1-4H3,(H,18,23)/t15-/m0/s1. The van der Waals surface area contributed by atoms with E-state index in [1.807, 2.05) is 0 Å². The maximum atomic E-state index is 12.2. The van der Waals surface area contributed by atoms with Gasteiger partial charge in [0.05, 0.1) is 0 Å². The van der Waals surface area contributed by atoms with Crippen molar-refractivity contribution in [1.29, 1.82) is 0 Å². The molecule has 24 heavy (non-hydrogen) atoms. The molecule has 2 heterocycles. The van der Waals surface area contributed by atoms with Crippen molar-refractivity contribution in [3.05, 3.63) is 11.8 Å². The summed E-state index contributed by atoms with van der Waals surface area (Å²) in [6.45, 7) is 9.63. The number of nitrogens with one attached hydrogen (secondary N) is 1. The zero-order valence-electron chi connectivity index (χ0n) is 15.4. The molecule has 1 aliphatic rings. The molecule has 2 rings (SSSR count). The van der Waals surface area contributed by atoms with Gasteiger partial charge in [-0.25, -0.2) is 4.79 Å². The minimum Gasteiger partial charge on any atom is -0.424 e. The first-order valence-corrected chi connectivity index (χ1v) is 8.97. The van der Waals surface area contributed by atoms with Gasteiger partial charge >= 0.3 is 6.03 Å². The molecular weight excluding hydrogens is 306 g/mol. The average Bonchev–Trinajstić information content (AvgIpc) is 2.93. The first kappa shape index (κ1) is 18.7. The Bertz CT molecular complexity index is 517. The Morgan fingerprint density at radius 2 is 2.21 bits per heavy atom. The smallest absolute Gasteiger partial charge is 0.317 e. The average molecular weight is 337 g/mol. The highest BCUT2D eigenvalue weighted by Gasteiger charge is 2.23. The molecule has 136 valence electrons. The van der Waals surface area contributed by atoms with E-state index >= 15 is 0 Å². The molecule has 0 aromatic carbocycles. The van der Waals surface area contributed by atoms with Gasteiger partial charge in [-0.1, -0.05) is 20.3 Å². The fourth-order valence-electron chi connectivity index (χ4n) is 3.25. The van der Waals surface area contributed by atoms with Gasteiger partial charge in [0.1, 0.15) is 6.54 Å². The third kappa shape index (κ3) is 5.78. The lowest BCUT2D eigenvalue weighted by molar-refractivity contribution is 0.124. The van der Waals surface area contributed by atoms with Gasteiger partial charge in [-0.2, -0.15) is 0 Å². The molecule has 0 aliphatic carbocycles. The fourth-order valence-corrected chi connectivity index (χ4v) is 3.25. The van der Waals surface area contributed by atoms with Gasteiger partial charge in [0, 0.05) is 33.1 Å². The van der Waals surface area contributed by atoms with E-state index in [2.05, 4.69) is 34.3 Å². The van der Waals surface area contributed by atoms with Crippen molar-refractivity contribution in [3.63, 3.8) is 0 Å². The number of carbonyl (C=O) groups excluding carboxylic acids is 1. The van der Waals surface area contributed by atoms with E-state index in [0.29, 0.717) is 36.8 Å². The second kappa shape index (κ2) is 9.01. The molecule has 0 spiro atoms. The van der Waals surface area contributed by atoms with E-state index in [9.17, 15) is 4.79 Å². The zero-order valence-corrected chi connectivity index (χ0v) is 15.4. The number of aryl methyl sites for hydroxylation is 1. The molecule has 1 atom stereocenters. The second-order valence-electron chi connectivity index (χ2n) is 7.13. The Balaban J connectivity index is 1.72. The summed E-state index contributed by atoms with van der Waals surface area (Å²) in [6, 6.07) is 0.488. The summed E-state index contributed by atoms with van der Waals surface area (Å²) in [4.78, 5) is 16.3. The van der Waals surface area contributed by atoms with Crippen LogP contribution in [-0.2, 0) is 6.54 Å². The van der Waals surface area contributed by atoms with Crippen LogP contribution in [0.5, 0.6) is 0 Å². The number of amides is 2. The van der Waals surface area contributed by atoms with Crippen molar-refractivity contribution >= 4 is 6.03 Å². The van der Waals surface area contributed by atoms with Crippen LogP contribution in [0.4, 0.5) is 4.79 Å². The number of carbonyl (C=O) groups is 1. The van der Waals surface area contributed by atoms with Crippen LogP contribution in [-0.4, -0.2) is 58.8 Å². The van der Waals surface area contributed by atoms with Crippen LogP contribution in [0.15, 0.2) is 4.42 Å². The van der Waals surface area contributed by atoms with Crippen LogP contribution in [0, 0.1) is 12.8 Å². The van der Waals surface area contributed by atoms with Gasteiger partial charge < -0.3 is 19.5 Å². The molecule has 7 heteroatoms. The van der Waals surface area contributed by atoms with E-state index in [1.165, 1.54) is 25.8 Å². The van der Waals surface area contributed by atoms with Gasteiger partial charge in [0.15, 0.2) is 0 Å². The first-order valence-electron chi connectivity index (χ1n) is 8.97. The molecule has 1 N–H and O–H groups in total. The van der Waals surface area contributed by atoms with E-state index in [1.54, 1.807) is 18.9 Å². The van der Waals surface area contributed by atoms with Crippen LogP contribution < -0.4 is 5.32 Å². The lowest BCUT2D eigenvalue weighted by atomic mass is 9.98. The predicted octanol–water partition coefficient (Wildman–Crippen LogP) is 2.42. The molecule has 0 saturated carbocycles. The molecule has 1 fully saturated rings. The Kier molecular flexibility index (Phi) is 7.02. The van der Waals surface area contributed by atoms with Crippen molar-refractivity contribution in [1.82, 2.24) is 25.3 Å². The zero-order chi connectivity index (χ0) is 17.5. The second-order valence-corrected chi connectivity index (χ2v) is 7.13. The maximum absolute atomic E-state index is 12.2. The van der Waals surface area contributed by atoms with E-state index in [4.69, 9.17) is 4.42 Å². The number of hydrogen-bond donors (Lipinski definition) is 1. The summed E-state index contributed by atoms with van der Waals surface area (Å²) in [5, 5.41) is 10.7. The number of rotatable bonds is 7. The van der Waals surface area contributed by atoms with Crippen molar-refractivity contribution in [3.8, 4) is 0 Å². The highest BCUT2D eigenvalue weighted by molar-refractivity contribution is 5.73. The van der Waals surface area contributed by atoms with Gasteiger partial charge in [0.25, 0.3) is 0 Å². The number of nitrogens with zero attached hydrogens (tertiary/aromatic N) is 4. The molecule has 1 saturated heterocycles. The van der Waals surface area contributed by atoms with E-state index in [0.717, 1.165) is 13.0 Å². The molecule has 0 bridgehead atoms. The number of urea groups is 1. The molecule has 0 radical (unpaired) electrons. The van der Waals surface area contributed by atoms with Gasteiger partial charge in [0.2, 0.25) is 11.8 Å². The van der Waals surface area contributed by atoms with E-state index < -0.39 is 0 Å². The molecule has 1 aliphatic heterocycles. The first-order chi connectivity index (χ1) is 11.5. The Morgan fingerprint density at radius 1 is 1.42 bits per heavy atom. The minimum absolute atomic E-state index is 0.0999. The quantitative estimate of drug-likeness (QED) is 0.827. The Morgan fingerprint density at radius 3 is 2.88 bits per heavy atom. The predicted molar refractivity (Wildman–Crippen MR) is 92.6 cm³/mol. The molecular formula is C17H31N5O2. The van der Waals surface area contributed by atoms with Gasteiger partial charge in [-0.15, -0.1) is 10.2 Å². The third-order valence-electron chi connectivity index (χ3n) is 4.39. The maximum Gasteiger partial charge on any atom is 0.317 e. The van der Waals surface area contributed by atoms with Crippen LogP contribution in [0.2, 0.25) is 0 Å². The largest absolute Gasteiger partial charge is 0.424 e. The summed E-state index contributed by atoms with van der Waals surface area (Å²) in [5.74, 6) is 1.66. The normalized spacial score (nSPS) is 18.8. The minimum atomic E-state index is -0.0999. The molecule has 0 unspecified atom stereocenters. The Hall–Kier alpha value is -1.63. The molecule has 2 amide bonds. The van der Waals surface area contributed by atoms with Crippen molar-refractivity contribution in [2.45, 2.75) is 59.0 Å². The monoisotopic (exact) mass is 337 g/mol. The van der Waals surface area contributed by atoms with Gasteiger partial charge in [-0.3, -0.25) is 0 Å². The van der Waals surface area contributed by atoms with Crippen molar-refractivity contribution in [2.24, 2.45) is 5.92 Å². The number of hydrogen-bond acceptors (Lipinski definition) is 5. The summed E-state index contributed by atoms with van der Waals surface area (Å²) in [6.07, 6.45) is 4.83. The van der Waals surface area contributed by atoms with E-state index in [-0.39, 0.29) is 6.03 Å². The van der Waals surface area contributed by atoms with Crippen LogP contribution in [0.3, 0.4) is 0 Å². The Labute approximate surface area is 144 Å². The third-order valence-corrected chi connectivity index (χ3v) is 4.39. The van der Waals surface area contributed by atoms with Crippen LogP contribution in [0.25, 0.3) is 0 Å².